The zero-order valence-corrected chi connectivity index (χ0v) is 10.3. The molecule has 1 atom stereocenters. The second-order valence-corrected chi connectivity index (χ2v) is 4.32. The molecular weight excluding hydrogens is 220 g/mol. The maximum Gasteiger partial charge on any atom is 0.293 e. The average molecular weight is 238 g/mol. The van der Waals surface area contributed by atoms with Crippen LogP contribution < -0.4 is 0 Å². The van der Waals surface area contributed by atoms with Crippen molar-refractivity contribution in [2.45, 2.75) is 20.3 Å². The predicted molar refractivity (Wildman–Crippen MR) is 61.6 cm³/mol. The van der Waals surface area contributed by atoms with Crippen molar-refractivity contribution in [1.29, 1.82) is 0 Å². The Morgan fingerprint density at radius 3 is 3.00 bits per heavy atom. The minimum Gasteiger partial charge on any atom is -0.381 e. The molecule has 17 heavy (non-hydrogen) atoms. The van der Waals surface area contributed by atoms with Crippen LogP contribution in [-0.4, -0.2) is 52.3 Å². The third-order valence-electron chi connectivity index (χ3n) is 2.96. The van der Waals surface area contributed by atoms with Crippen LogP contribution in [0.1, 0.15) is 29.8 Å². The van der Waals surface area contributed by atoms with Crippen LogP contribution >= 0.6 is 0 Å². The first-order valence-corrected chi connectivity index (χ1v) is 5.96. The first-order valence-electron chi connectivity index (χ1n) is 5.96. The van der Waals surface area contributed by atoms with Gasteiger partial charge in [0.2, 0.25) is 5.82 Å². The Kier molecular flexibility index (Phi) is 3.73. The van der Waals surface area contributed by atoms with Gasteiger partial charge in [-0.15, -0.1) is 5.10 Å². The molecule has 1 N–H and O–H groups in total. The van der Waals surface area contributed by atoms with E-state index in [-0.39, 0.29) is 11.7 Å². The zero-order valence-electron chi connectivity index (χ0n) is 10.3. The van der Waals surface area contributed by atoms with Crippen molar-refractivity contribution in [1.82, 2.24) is 20.1 Å². The molecule has 0 radical (unpaired) electrons. The van der Waals surface area contributed by atoms with Crippen molar-refractivity contribution in [2.75, 3.05) is 26.3 Å². The lowest BCUT2D eigenvalue weighted by molar-refractivity contribution is 0.0719. The van der Waals surface area contributed by atoms with Crippen molar-refractivity contribution >= 4 is 5.91 Å². The van der Waals surface area contributed by atoms with Gasteiger partial charge in [0.15, 0.2) is 0 Å². The number of carbonyl (C=O) groups excluding carboxylic acids is 1. The molecule has 0 aromatic carbocycles. The second-order valence-electron chi connectivity index (χ2n) is 4.32. The molecule has 94 valence electrons. The fourth-order valence-corrected chi connectivity index (χ4v) is 1.97. The van der Waals surface area contributed by atoms with E-state index in [2.05, 4.69) is 15.2 Å². The Labute approximate surface area is 100 Å². The van der Waals surface area contributed by atoms with Crippen molar-refractivity contribution in [3.63, 3.8) is 0 Å². The molecule has 0 spiro atoms. The maximum absolute atomic E-state index is 12.1. The molecule has 1 saturated heterocycles. The normalized spacial score (nSPS) is 19.5. The van der Waals surface area contributed by atoms with Crippen LogP contribution in [0.5, 0.6) is 0 Å². The Balaban J connectivity index is 1.99. The van der Waals surface area contributed by atoms with E-state index in [4.69, 9.17) is 4.74 Å². The van der Waals surface area contributed by atoms with Crippen LogP contribution in [0.2, 0.25) is 0 Å². The number of aryl methyl sites for hydroxylation is 1. The van der Waals surface area contributed by atoms with Crippen LogP contribution in [0.15, 0.2) is 0 Å². The van der Waals surface area contributed by atoms with Crippen LogP contribution in [0, 0.1) is 12.8 Å². The van der Waals surface area contributed by atoms with Crippen molar-refractivity contribution in [3.05, 3.63) is 11.6 Å². The predicted octanol–water partition coefficient (Wildman–Crippen LogP) is 0.612. The summed E-state index contributed by atoms with van der Waals surface area (Å²) >= 11 is 0. The van der Waals surface area contributed by atoms with Crippen LogP contribution in [0.3, 0.4) is 0 Å². The first kappa shape index (κ1) is 12.0. The van der Waals surface area contributed by atoms with E-state index in [0.29, 0.717) is 18.3 Å². The van der Waals surface area contributed by atoms with E-state index in [0.717, 1.165) is 26.2 Å². The molecule has 0 bridgehead atoms. The largest absolute Gasteiger partial charge is 0.381 e. The number of hydrogen-bond donors (Lipinski definition) is 1. The number of rotatable bonds is 4. The number of nitrogens with one attached hydrogen (secondary N) is 1. The lowest BCUT2D eigenvalue weighted by Crippen LogP contribution is -2.36. The van der Waals surface area contributed by atoms with Gasteiger partial charge in [-0.05, 0) is 20.3 Å². The molecule has 6 heteroatoms. The summed E-state index contributed by atoms with van der Waals surface area (Å²) in [6.07, 6.45) is 1.02. The van der Waals surface area contributed by atoms with Gasteiger partial charge in [0.25, 0.3) is 5.91 Å². The van der Waals surface area contributed by atoms with Crippen LogP contribution in [0.25, 0.3) is 0 Å². The van der Waals surface area contributed by atoms with Gasteiger partial charge in [0, 0.05) is 25.6 Å². The van der Waals surface area contributed by atoms with Crippen molar-refractivity contribution in [2.24, 2.45) is 5.92 Å². The summed E-state index contributed by atoms with van der Waals surface area (Å²) in [4.78, 5) is 18.0. The highest BCUT2D eigenvalue weighted by Crippen LogP contribution is 2.14. The fraction of sp³-hybridized carbons (Fsp3) is 0.727. The van der Waals surface area contributed by atoms with Crippen molar-refractivity contribution in [3.8, 4) is 0 Å². The number of aromatic nitrogens is 3. The third-order valence-corrected chi connectivity index (χ3v) is 2.96. The highest BCUT2D eigenvalue weighted by atomic mass is 16.5. The van der Waals surface area contributed by atoms with E-state index in [1.807, 2.05) is 6.92 Å². The summed E-state index contributed by atoms with van der Waals surface area (Å²) in [5, 5.41) is 6.59. The maximum atomic E-state index is 12.1. The quantitative estimate of drug-likeness (QED) is 0.834. The van der Waals surface area contributed by atoms with Gasteiger partial charge in [0.1, 0.15) is 5.82 Å². The number of carbonyl (C=O) groups is 1. The Hall–Kier alpha value is -1.43. The van der Waals surface area contributed by atoms with Gasteiger partial charge in [-0.3, -0.25) is 9.89 Å². The smallest absolute Gasteiger partial charge is 0.293 e. The standard InChI is InChI=1S/C11H18N4O2/c1-3-15(6-9-4-5-17-7-9)11(16)10-12-8(2)13-14-10/h9H,3-7H2,1-2H3,(H,12,13,14). The molecule has 1 aliphatic heterocycles. The number of ether oxygens (including phenoxy) is 1. The van der Waals surface area contributed by atoms with Crippen LogP contribution in [0.4, 0.5) is 0 Å². The third kappa shape index (κ3) is 2.82. The summed E-state index contributed by atoms with van der Waals surface area (Å²) in [5.74, 6) is 1.25. The SMILES string of the molecule is CCN(CC1CCOC1)C(=O)c1n[nH]c(C)n1. The van der Waals surface area contributed by atoms with Crippen LogP contribution in [-0.2, 0) is 4.74 Å². The molecule has 1 aromatic rings. The number of aromatic amines is 1. The molecule has 2 rings (SSSR count). The van der Waals surface area contributed by atoms with E-state index in [9.17, 15) is 4.79 Å². The summed E-state index contributed by atoms with van der Waals surface area (Å²) in [5.41, 5.74) is 0. The Morgan fingerprint density at radius 1 is 1.65 bits per heavy atom. The number of nitrogens with zero attached hydrogens (tertiary/aromatic N) is 3. The minimum atomic E-state index is -0.108. The molecule has 0 saturated carbocycles. The molecule has 2 heterocycles. The molecule has 0 aliphatic carbocycles. The summed E-state index contributed by atoms with van der Waals surface area (Å²) in [7, 11) is 0. The molecular formula is C11H18N4O2. The second kappa shape index (κ2) is 5.27. The van der Waals surface area contributed by atoms with Gasteiger partial charge in [0.05, 0.1) is 6.61 Å². The molecule has 1 unspecified atom stereocenters. The van der Waals surface area contributed by atoms with Gasteiger partial charge in [-0.25, -0.2) is 4.98 Å². The lowest BCUT2D eigenvalue weighted by Gasteiger charge is -2.22. The Bertz CT molecular complexity index is 385. The minimum absolute atomic E-state index is 0.108. The highest BCUT2D eigenvalue weighted by molar-refractivity contribution is 5.90. The summed E-state index contributed by atoms with van der Waals surface area (Å²) in [6, 6.07) is 0. The topological polar surface area (TPSA) is 71.1 Å². The monoisotopic (exact) mass is 238 g/mol. The average Bonchev–Trinajstić information content (AvgIpc) is 2.96. The molecule has 6 nitrogen and oxygen atoms in total. The number of amides is 1. The first-order chi connectivity index (χ1) is 8.20. The fourth-order valence-electron chi connectivity index (χ4n) is 1.97. The molecule has 1 aliphatic rings. The van der Waals surface area contributed by atoms with Gasteiger partial charge in [-0.1, -0.05) is 0 Å². The molecule has 1 amide bonds. The number of H-pyrrole nitrogens is 1. The van der Waals surface area contributed by atoms with E-state index < -0.39 is 0 Å². The Morgan fingerprint density at radius 2 is 2.47 bits per heavy atom. The van der Waals surface area contributed by atoms with E-state index in [1.165, 1.54) is 0 Å². The van der Waals surface area contributed by atoms with Crippen molar-refractivity contribution < 1.29 is 9.53 Å². The van der Waals surface area contributed by atoms with E-state index >= 15 is 0 Å². The highest BCUT2D eigenvalue weighted by Gasteiger charge is 2.24. The number of hydrogen-bond acceptors (Lipinski definition) is 4. The molecule has 1 aromatic heterocycles. The van der Waals surface area contributed by atoms with Gasteiger partial charge >= 0.3 is 0 Å². The van der Waals surface area contributed by atoms with E-state index in [1.54, 1.807) is 11.8 Å². The molecule has 1 fully saturated rings. The van der Waals surface area contributed by atoms with Gasteiger partial charge < -0.3 is 9.64 Å². The summed E-state index contributed by atoms with van der Waals surface area (Å²) in [6.45, 7) is 6.69. The van der Waals surface area contributed by atoms with Gasteiger partial charge in [-0.2, -0.15) is 0 Å². The zero-order chi connectivity index (χ0) is 12.3. The lowest BCUT2D eigenvalue weighted by atomic mass is 10.1. The summed E-state index contributed by atoms with van der Waals surface area (Å²) < 4.78 is 5.32.